The van der Waals surface area contributed by atoms with E-state index in [1.54, 1.807) is 24.7 Å². The van der Waals surface area contributed by atoms with Gasteiger partial charge in [-0.1, -0.05) is 29.8 Å². The van der Waals surface area contributed by atoms with E-state index in [9.17, 15) is 5.26 Å². The van der Waals surface area contributed by atoms with Crippen molar-refractivity contribution in [2.75, 3.05) is 17.0 Å². The van der Waals surface area contributed by atoms with Gasteiger partial charge in [-0.2, -0.15) is 10.2 Å². The summed E-state index contributed by atoms with van der Waals surface area (Å²) in [5, 5.41) is 17.1. The SMILES string of the molecule is COC(C)(C)c1nc(N2C=NC3c4ccccc4N4C(=CN(C#N)C4Cl)N32)no1. The summed E-state index contributed by atoms with van der Waals surface area (Å²) in [6.45, 7) is 3.68. The van der Waals surface area contributed by atoms with Gasteiger partial charge >= 0.3 is 0 Å². The van der Waals surface area contributed by atoms with E-state index in [-0.39, 0.29) is 6.17 Å². The van der Waals surface area contributed by atoms with Crippen molar-refractivity contribution in [1.82, 2.24) is 20.0 Å². The summed E-state index contributed by atoms with van der Waals surface area (Å²) in [7, 11) is 1.58. The summed E-state index contributed by atoms with van der Waals surface area (Å²) in [5.74, 6) is 1.33. The molecule has 0 bridgehead atoms. The molecule has 0 radical (unpaired) electrons. The van der Waals surface area contributed by atoms with Gasteiger partial charge in [-0.3, -0.25) is 4.90 Å². The summed E-state index contributed by atoms with van der Waals surface area (Å²) < 4.78 is 10.8. The van der Waals surface area contributed by atoms with E-state index in [4.69, 9.17) is 20.9 Å². The predicted molar refractivity (Wildman–Crippen MR) is 104 cm³/mol. The highest BCUT2D eigenvalue weighted by Gasteiger charge is 2.48. The van der Waals surface area contributed by atoms with Crippen LogP contribution in [0.15, 0.2) is 45.8 Å². The molecule has 29 heavy (non-hydrogen) atoms. The first kappa shape index (κ1) is 17.8. The molecule has 2 unspecified atom stereocenters. The van der Waals surface area contributed by atoms with Gasteiger partial charge in [0.1, 0.15) is 11.9 Å². The smallest absolute Gasteiger partial charge is 0.290 e. The van der Waals surface area contributed by atoms with E-state index in [2.05, 4.69) is 21.3 Å². The zero-order chi connectivity index (χ0) is 20.3. The lowest BCUT2D eigenvalue weighted by molar-refractivity contribution is -0.00786. The molecule has 0 spiro atoms. The van der Waals surface area contributed by atoms with Crippen molar-refractivity contribution in [2.24, 2.45) is 4.99 Å². The van der Waals surface area contributed by atoms with Crippen LogP contribution in [0.1, 0.15) is 31.5 Å². The number of fused-ring (bicyclic) bond motifs is 6. The van der Waals surface area contributed by atoms with Gasteiger partial charge in [0, 0.05) is 12.7 Å². The molecule has 2 atom stereocenters. The van der Waals surface area contributed by atoms with Gasteiger partial charge in [-0.05, 0) is 25.1 Å². The Bertz CT molecular complexity index is 1070. The van der Waals surface area contributed by atoms with Crippen LogP contribution in [0.3, 0.4) is 0 Å². The number of hydrogen-bond acceptors (Lipinski definition) is 10. The molecule has 3 aliphatic rings. The highest BCUT2D eigenvalue weighted by molar-refractivity contribution is 6.22. The Morgan fingerprint density at radius 2 is 2.10 bits per heavy atom. The zero-order valence-corrected chi connectivity index (χ0v) is 16.6. The van der Waals surface area contributed by atoms with Crippen LogP contribution in [0, 0.1) is 11.5 Å². The molecule has 11 heteroatoms. The van der Waals surface area contributed by atoms with E-state index in [0.717, 1.165) is 11.3 Å². The summed E-state index contributed by atoms with van der Waals surface area (Å²) >= 11 is 6.57. The van der Waals surface area contributed by atoms with Gasteiger partial charge in [-0.25, -0.2) is 19.9 Å². The van der Waals surface area contributed by atoms with E-state index >= 15 is 0 Å². The van der Waals surface area contributed by atoms with Crippen LogP contribution in [0.2, 0.25) is 0 Å². The van der Waals surface area contributed by atoms with Gasteiger partial charge in [0.05, 0.1) is 11.9 Å². The third-order valence-corrected chi connectivity index (χ3v) is 5.60. The molecule has 2 aromatic rings. The lowest BCUT2D eigenvalue weighted by Crippen LogP contribution is -2.48. The first-order valence-electron chi connectivity index (χ1n) is 8.89. The second-order valence-corrected chi connectivity index (χ2v) is 7.57. The standard InChI is InChI=1S/C18H17ClN8O2/c1-18(2,28-3)15-22-17(23-29-15)25-10-21-14-11-6-4-5-7-12(11)26-13(27(14)25)8-24(9-20)16(26)19/h4-8,10,14,16H,1-3H3. The van der Waals surface area contributed by atoms with Gasteiger partial charge in [-0.15, -0.1) is 0 Å². The molecule has 0 N–H and O–H groups in total. The Kier molecular flexibility index (Phi) is 3.74. The molecular weight excluding hydrogens is 396 g/mol. The Labute approximate surface area is 171 Å². The monoisotopic (exact) mass is 412 g/mol. The third kappa shape index (κ3) is 2.41. The number of aromatic nitrogens is 2. The topological polar surface area (TPSA) is 97.3 Å². The normalized spacial score (nSPS) is 22.4. The van der Waals surface area contributed by atoms with Crippen molar-refractivity contribution in [3.05, 3.63) is 47.7 Å². The maximum Gasteiger partial charge on any atom is 0.290 e. The van der Waals surface area contributed by atoms with Crippen molar-refractivity contribution in [1.29, 1.82) is 5.26 Å². The number of nitriles is 1. The number of anilines is 2. The fourth-order valence-corrected chi connectivity index (χ4v) is 3.80. The number of hydrogen-bond donors (Lipinski definition) is 0. The van der Waals surface area contributed by atoms with E-state index in [0.29, 0.717) is 17.7 Å². The van der Waals surface area contributed by atoms with Crippen LogP contribution in [-0.4, -0.2) is 39.1 Å². The third-order valence-electron chi connectivity index (χ3n) is 5.20. The van der Waals surface area contributed by atoms with E-state index < -0.39 is 11.2 Å². The number of ether oxygens (including phenoxy) is 1. The maximum absolute atomic E-state index is 9.48. The largest absolute Gasteiger partial charge is 0.369 e. The molecule has 0 saturated carbocycles. The first-order chi connectivity index (χ1) is 14.0. The van der Waals surface area contributed by atoms with Gasteiger partial charge in [0.15, 0.2) is 23.8 Å². The molecular formula is C18H17ClN8O2. The molecule has 148 valence electrons. The van der Waals surface area contributed by atoms with Crippen molar-refractivity contribution in [3.8, 4) is 6.19 Å². The van der Waals surface area contributed by atoms with Gasteiger partial charge in [0.2, 0.25) is 0 Å². The molecule has 0 saturated heterocycles. The minimum Gasteiger partial charge on any atom is -0.369 e. The van der Waals surface area contributed by atoms with Gasteiger partial charge < -0.3 is 9.26 Å². The van der Waals surface area contributed by atoms with E-state index in [1.807, 2.05) is 48.0 Å². The van der Waals surface area contributed by atoms with E-state index in [1.165, 1.54) is 4.90 Å². The Morgan fingerprint density at radius 1 is 1.31 bits per heavy atom. The molecule has 0 aliphatic carbocycles. The molecule has 5 rings (SSSR count). The van der Waals surface area contributed by atoms with Crippen molar-refractivity contribution >= 4 is 29.6 Å². The highest BCUT2D eigenvalue weighted by atomic mass is 35.5. The number of alkyl halides is 1. The molecule has 3 aliphatic heterocycles. The summed E-state index contributed by atoms with van der Waals surface area (Å²) in [6.07, 6.45) is 5.08. The Balaban J connectivity index is 1.60. The average Bonchev–Trinajstić information content (AvgIpc) is 3.44. The lowest BCUT2D eigenvalue weighted by atomic mass is 10.1. The maximum atomic E-state index is 9.48. The summed E-state index contributed by atoms with van der Waals surface area (Å²) in [6, 6.07) is 7.82. The van der Waals surface area contributed by atoms with Crippen LogP contribution in [0.5, 0.6) is 0 Å². The first-order valence-corrected chi connectivity index (χ1v) is 9.33. The lowest BCUT2D eigenvalue weighted by Gasteiger charge is -2.42. The van der Waals surface area contributed by atoms with Gasteiger partial charge in [0.25, 0.3) is 11.8 Å². The summed E-state index contributed by atoms with van der Waals surface area (Å²) in [4.78, 5) is 12.4. The van der Waals surface area contributed by atoms with Crippen molar-refractivity contribution in [2.45, 2.75) is 31.2 Å². The van der Waals surface area contributed by atoms with Crippen LogP contribution in [0.4, 0.5) is 11.6 Å². The average molecular weight is 413 g/mol. The molecule has 1 aromatic carbocycles. The molecule has 0 amide bonds. The number of halogens is 1. The highest BCUT2D eigenvalue weighted by Crippen LogP contribution is 2.48. The second-order valence-electron chi connectivity index (χ2n) is 7.18. The zero-order valence-electron chi connectivity index (χ0n) is 15.9. The minimum absolute atomic E-state index is 0.304. The number of benzene rings is 1. The minimum atomic E-state index is -0.729. The van der Waals surface area contributed by atoms with Crippen LogP contribution in [0.25, 0.3) is 0 Å². The predicted octanol–water partition coefficient (Wildman–Crippen LogP) is 2.65. The number of hydrazine groups is 1. The molecule has 4 heterocycles. The molecule has 10 nitrogen and oxygen atoms in total. The number of para-hydroxylation sites is 1. The number of methoxy groups -OCH3 is 1. The fraction of sp³-hybridized carbons (Fsp3) is 0.333. The Morgan fingerprint density at radius 3 is 2.86 bits per heavy atom. The summed E-state index contributed by atoms with van der Waals surface area (Å²) in [5.41, 5.74) is 0.432. The van der Waals surface area contributed by atoms with Crippen LogP contribution >= 0.6 is 11.6 Å². The molecule has 1 aromatic heterocycles. The molecule has 0 fully saturated rings. The fourth-order valence-electron chi connectivity index (χ4n) is 3.49. The number of aliphatic imine (C=N–C) groups is 1. The number of nitrogens with zero attached hydrogens (tertiary/aromatic N) is 8. The van der Waals surface area contributed by atoms with Crippen molar-refractivity contribution in [3.63, 3.8) is 0 Å². The van der Waals surface area contributed by atoms with Crippen molar-refractivity contribution < 1.29 is 9.26 Å². The number of rotatable bonds is 3. The Hall–Kier alpha value is -3.29. The van der Waals surface area contributed by atoms with Crippen LogP contribution in [-0.2, 0) is 10.3 Å². The quantitative estimate of drug-likeness (QED) is 0.428. The van der Waals surface area contributed by atoms with Crippen LogP contribution < -0.4 is 9.91 Å². The second kappa shape index (κ2) is 6.10.